The summed E-state index contributed by atoms with van der Waals surface area (Å²) in [6.45, 7) is 1.29. The average Bonchev–Trinajstić information content (AvgIpc) is 2.96. The first-order valence-electron chi connectivity index (χ1n) is 12.5. The van der Waals surface area contributed by atoms with E-state index in [0.29, 0.717) is 54.7 Å². The van der Waals surface area contributed by atoms with Crippen molar-refractivity contribution in [1.82, 2.24) is 15.2 Å². The second-order valence-electron chi connectivity index (χ2n) is 8.94. The summed E-state index contributed by atoms with van der Waals surface area (Å²) in [7, 11) is 8.09. The minimum Gasteiger partial charge on any atom is -0.493 e. The lowest BCUT2D eigenvalue weighted by atomic mass is 9.87. The molecule has 38 heavy (non-hydrogen) atoms. The van der Waals surface area contributed by atoms with Crippen LogP contribution in [0.15, 0.2) is 48.7 Å². The van der Waals surface area contributed by atoms with E-state index in [1.54, 1.807) is 41.7 Å². The molecule has 9 heteroatoms. The van der Waals surface area contributed by atoms with E-state index in [1.807, 2.05) is 42.5 Å². The number of pyridine rings is 1. The normalized spacial score (nSPS) is 14.8. The van der Waals surface area contributed by atoms with Gasteiger partial charge in [0.25, 0.3) is 0 Å². The van der Waals surface area contributed by atoms with Gasteiger partial charge in [0.15, 0.2) is 23.0 Å². The molecule has 1 aliphatic heterocycles. The molecule has 4 rings (SSSR count). The number of benzene rings is 2. The Kier molecular flexibility index (Phi) is 8.91. The van der Waals surface area contributed by atoms with Crippen LogP contribution in [0, 0.1) is 0 Å². The standard InChI is InChI=1S/C29H35N3O6/c1-34-24-10-9-19(15-25(24)35-2)14-23-22-16-26(36-3)29(38-5)28(37-4)21(22)11-13-32(23)18-27(33)31-17-20-8-6-7-12-30-20/h6-10,12,15-16,23H,11,13-14,17-18H2,1-5H3,(H,31,33). The molecule has 202 valence electrons. The summed E-state index contributed by atoms with van der Waals surface area (Å²) < 4.78 is 28.1. The van der Waals surface area contributed by atoms with Crippen molar-refractivity contribution in [2.75, 3.05) is 48.6 Å². The van der Waals surface area contributed by atoms with Crippen LogP contribution in [0.3, 0.4) is 0 Å². The van der Waals surface area contributed by atoms with E-state index in [0.717, 1.165) is 22.4 Å². The van der Waals surface area contributed by atoms with Crippen molar-refractivity contribution in [3.05, 3.63) is 71.0 Å². The van der Waals surface area contributed by atoms with E-state index in [2.05, 4.69) is 15.2 Å². The van der Waals surface area contributed by atoms with Gasteiger partial charge in [0.05, 0.1) is 54.3 Å². The number of hydrogen-bond acceptors (Lipinski definition) is 8. The fraction of sp³-hybridized carbons (Fsp3) is 0.379. The molecule has 0 saturated carbocycles. The molecular formula is C29H35N3O6. The summed E-state index contributed by atoms with van der Waals surface area (Å²) >= 11 is 0. The highest BCUT2D eigenvalue weighted by molar-refractivity contribution is 5.78. The molecule has 0 spiro atoms. The van der Waals surface area contributed by atoms with Crippen LogP contribution in [0.2, 0.25) is 0 Å². The Morgan fingerprint density at radius 3 is 2.34 bits per heavy atom. The zero-order chi connectivity index (χ0) is 27.1. The van der Waals surface area contributed by atoms with Gasteiger partial charge in [0.1, 0.15) is 0 Å². The second kappa shape index (κ2) is 12.5. The highest BCUT2D eigenvalue weighted by atomic mass is 16.5. The lowest BCUT2D eigenvalue weighted by Gasteiger charge is -2.38. The first-order valence-corrected chi connectivity index (χ1v) is 12.5. The maximum atomic E-state index is 13.0. The maximum absolute atomic E-state index is 13.0. The van der Waals surface area contributed by atoms with Gasteiger partial charge in [-0.3, -0.25) is 14.7 Å². The molecule has 1 N–H and O–H groups in total. The molecular weight excluding hydrogens is 486 g/mol. The highest BCUT2D eigenvalue weighted by Crippen LogP contribution is 2.47. The Morgan fingerprint density at radius 1 is 0.921 bits per heavy atom. The maximum Gasteiger partial charge on any atom is 0.234 e. The molecule has 1 aliphatic rings. The molecule has 9 nitrogen and oxygen atoms in total. The van der Waals surface area contributed by atoms with Gasteiger partial charge in [-0.25, -0.2) is 0 Å². The molecule has 2 heterocycles. The molecule has 0 saturated heterocycles. The molecule has 1 amide bonds. The van der Waals surface area contributed by atoms with Gasteiger partial charge in [-0.05, 0) is 54.3 Å². The predicted octanol–water partition coefficient (Wildman–Crippen LogP) is 3.58. The van der Waals surface area contributed by atoms with E-state index in [-0.39, 0.29) is 18.5 Å². The predicted molar refractivity (Wildman–Crippen MR) is 143 cm³/mol. The average molecular weight is 522 g/mol. The van der Waals surface area contributed by atoms with Crippen LogP contribution in [-0.2, 0) is 24.2 Å². The quantitative estimate of drug-likeness (QED) is 0.410. The molecule has 0 bridgehead atoms. The number of aromatic nitrogens is 1. The Bertz CT molecular complexity index is 1250. The van der Waals surface area contributed by atoms with E-state index in [9.17, 15) is 4.79 Å². The van der Waals surface area contributed by atoms with E-state index < -0.39 is 0 Å². The van der Waals surface area contributed by atoms with Crippen LogP contribution >= 0.6 is 0 Å². The fourth-order valence-corrected chi connectivity index (χ4v) is 4.99. The van der Waals surface area contributed by atoms with Crippen molar-refractivity contribution in [2.45, 2.75) is 25.4 Å². The van der Waals surface area contributed by atoms with Crippen molar-refractivity contribution in [1.29, 1.82) is 0 Å². The Balaban J connectivity index is 1.67. The molecule has 0 radical (unpaired) electrons. The zero-order valence-electron chi connectivity index (χ0n) is 22.6. The van der Waals surface area contributed by atoms with Gasteiger partial charge in [0, 0.05) is 24.3 Å². The monoisotopic (exact) mass is 521 g/mol. The number of nitrogens with one attached hydrogen (secondary N) is 1. The zero-order valence-corrected chi connectivity index (χ0v) is 22.6. The number of hydrogen-bond donors (Lipinski definition) is 1. The van der Waals surface area contributed by atoms with Crippen molar-refractivity contribution >= 4 is 5.91 Å². The number of ether oxygens (including phenoxy) is 5. The van der Waals surface area contributed by atoms with E-state index in [4.69, 9.17) is 23.7 Å². The van der Waals surface area contributed by atoms with Gasteiger partial charge >= 0.3 is 0 Å². The third-order valence-electron chi connectivity index (χ3n) is 6.83. The SMILES string of the molecule is COc1ccc(CC2c3cc(OC)c(OC)c(OC)c3CCN2CC(=O)NCc2ccccn2)cc1OC. The molecule has 0 aliphatic carbocycles. The van der Waals surface area contributed by atoms with Crippen LogP contribution in [0.5, 0.6) is 28.7 Å². The van der Waals surface area contributed by atoms with E-state index in [1.165, 1.54) is 0 Å². The number of amides is 1. The van der Waals surface area contributed by atoms with Crippen molar-refractivity contribution < 1.29 is 28.5 Å². The molecule has 1 unspecified atom stereocenters. The van der Waals surface area contributed by atoms with Crippen LogP contribution in [-0.4, -0.2) is 64.4 Å². The molecule has 1 atom stereocenters. The summed E-state index contributed by atoms with van der Waals surface area (Å²) in [5.74, 6) is 3.08. The molecule has 1 aromatic heterocycles. The summed E-state index contributed by atoms with van der Waals surface area (Å²) in [5.41, 5.74) is 3.96. The molecule has 3 aromatic rings. The third-order valence-corrected chi connectivity index (χ3v) is 6.83. The lowest BCUT2D eigenvalue weighted by Crippen LogP contribution is -2.43. The van der Waals surface area contributed by atoms with Crippen molar-refractivity contribution in [3.8, 4) is 28.7 Å². The number of nitrogens with zero attached hydrogens (tertiary/aromatic N) is 2. The lowest BCUT2D eigenvalue weighted by molar-refractivity contribution is -0.123. The van der Waals surface area contributed by atoms with Crippen LogP contribution in [0.25, 0.3) is 0 Å². The van der Waals surface area contributed by atoms with Gasteiger partial charge < -0.3 is 29.0 Å². The number of methoxy groups -OCH3 is 5. The first kappa shape index (κ1) is 27.1. The Labute approximate surface area is 223 Å². The van der Waals surface area contributed by atoms with Crippen LogP contribution in [0.1, 0.15) is 28.4 Å². The largest absolute Gasteiger partial charge is 0.493 e. The highest BCUT2D eigenvalue weighted by Gasteiger charge is 2.34. The van der Waals surface area contributed by atoms with Gasteiger partial charge in [-0.15, -0.1) is 0 Å². The Hall–Kier alpha value is -3.98. The summed E-state index contributed by atoms with van der Waals surface area (Å²) in [5, 5.41) is 3.00. The smallest absolute Gasteiger partial charge is 0.234 e. The minimum atomic E-state index is -0.119. The number of carbonyl (C=O) groups is 1. The number of carbonyl (C=O) groups excluding carboxylic acids is 1. The Morgan fingerprint density at radius 2 is 1.68 bits per heavy atom. The van der Waals surface area contributed by atoms with Crippen LogP contribution < -0.4 is 29.0 Å². The van der Waals surface area contributed by atoms with Crippen molar-refractivity contribution in [2.24, 2.45) is 0 Å². The molecule has 2 aromatic carbocycles. The van der Waals surface area contributed by atoms with E-state index >= 15 is 0 Å². The van der Waals surface area contributed by atoms with Gasteiger partial charge in [-0.1, -0.05) is 12.1 Å². The van der Waals surface area contributed by atoms with Gasteiger partial charge in [0.2, 0.25) is 11.7 Å². The number of rotatable bonds is 11. The fourth-order valence-electron chi connectivity index (χ4n) is 4.99. The third kappa shape index (κ3) is 5.78. The summed E-state index contributed by atoms with van der Waals surface area (Å²) in [6, 6.07) is 13.4. The topological polar surface area (TPSA) is 91.4 Å². The van der Waals surface area contributed by atoms with Crippen molar-refractivity contribution in [3.63, 3.8) is 0 Å². The van der Waals surface area contributed by atoms with Crippen LogP contribution in [0.4, 0.5) is 0 Å². The molecule has 0 fully saturated rings. The number of fused-ring (bicyclic) bond motifs is 1. The second-order valence-corrected chi connectivity index (χ2v) is 8.94. The van der Waals surface area contributed by atoms with Gasteiger partial charge in [-0.2, -0.15) is 0 Å². The summed E-state index contributed by atoms with van der Waals surface area (Å²) in [6.07, 6.45) is 3.06. The summed E-state index contributed by atoms with van der Waals surface area (Å²) in [4.78, 5) is 19.5. The first-order chi connectivity index (χ1) is 18.5. The minimum absolute atomic E-state index is 0.0659.